The Morgan fingerprint density at radius 3 is 2.37 bits per heavy atom. The summed E-state index contributed by atoms with van der Waals surface area (Å²) in [5, 5.41) is 68.4. The lowest BCUT2D eigenvalue weighted by Gasteiger charge is -2.36. The summed E-state index contributed by atoms with van der Waals surface area (Å²) in [5.74, 6) is -6.24. The molecule has 7 N–H and O–H groups in total. The molecule has 4 aromatic rings. The van der Waals surface area contributed by atoms with Crippen molar-refractivity contribution in [2.24, 2.45) is 0 Å². The third kappa shape index (κ3) is 7.23. The molecule has 0 aromatic carbocycles. The van der Waals surface area contributed by atoms with Crippen LogP contribution in [0.15, 0.2) is 41.8 Å². The number of rotatable bonds is 10. The van der Waals surface area contributed by atoms with Gasteiger partial charge in [0, 0.05) is 30.0 Å². The molecule has 2 aliphatic rings. The maximum Gasteiger partial charge on any atom is 0.416 e. The molecule has 244 valence electrons. The SMILES string of the molecule is O=C(OCC(O)(O)O)N(c1cnc(-c2cnn(C3CC3)c2)cn1)[C@H]1CC[C@H](Nc2ncc(C(O)(O)O)c(-c3nocc3Cl)n2)CC1. The van der Waals surface area contributed by atoms with Crippen molar-refractivity contribution in [1.82, 2.24) is 34.9 Å². The third-order valence-corrected chi connectivity index (χ3v) is 7.85. The van der Waals surface area contributed by atoms with E-state index in [2.05, 4.69) is 35.5 Å². The molecule has 2 aliphatic carbocycles. The number of amides is 1. The quantitative estimate of drug-likeness (QED) is 0.116. The number of nitrogens with zero attached hydrogens (tertiary/aromatic N) is 8. The molecule has 0 spiro atoms. The topological polar surface area (TPSA) is 258 Å². The van der Waals surface area contributed by atoms with Crippen molar-refractivity contribution in [3.63, 3.8) is 0 Å². The monoisotopic (exact) mass is 659 g/mol. The molecule has 2 saturated carbocycles. The van der Waals surface area contributed by atoms with E-state index >= 15 is 0 Å². The van der Waals surface area contributed by atoms with E-state index in [0.29, 0.717) is 37.4 Å². The lowest BCUT2D eigenvalue weighted by molar-refractivity contribution is -0.325. The van der Waals surface area contributed by atoms with Crippen LogP contribution in [0, 0.1) is 0 Å². The highest BCUT2D eigenvalue weighted by Crippen LogP contribution is 2.36. The summed E-state index contributed by atoms with van der Waals surface area (Å²) in [6.07, 6.45) is 11.7. The molecule has 4 heterocycles. The first-order chi connectivity index (χ1) is 21.9. The number of aliphatic hydroxyl groups is 6. The molecule has 0 radical (unpaired) electrons. The fraction of sp³-hybridized carbons (Fsp3) is 0.444. The van der Waals surface area contributed by atoms with Gasteiger partial charge in [-0.15, -0.1) is 0 Å². The molecule has 6 rings (SSSR count). The van der Waals surface area contributed by atoms with Crippen LogP contribution in [0.25, 0.3) is 22.6 Å². The van der Waals surface area contributed by atoms with Crippen LogP contribution in [-0.4, -0.2) is 96.3 Å². The van der Waals surface area contributed by atoms with Crippen LogP contribution in [0.4, 0.5) is 16.6 Å². The van der Waals surface area contributed by atoms with Gasteiger partial charge >= 0.3 is 18.0 Å². The van der Waals surface area contributed by atoms with Gasteiger partial charge in [0.15, 0.2) is 18.1 Å². The van der Waals surface area contributed by atoms with Crippen LogP contribution < -0.4 is 10.2 Å². The maximum atomic E-state index is 13.2. The summed E-state index contributed by atoms with van der Waals surface area (Å²) in [5.41, 5.74) is 0.650. The first kappa shape index (κ1) is 31.7. The largest absolute Gasteiger partial charge is 0.440 e. The van der Waals surface area contributed by atoms with E-state index in [4.69, 9.17) is 20.9 Å². The van der Waals surface area contributed by atoms with E-state index in [-0.39, 0.29) is 34.2 Å². The molecule has 1 amide bonds. The van der Waals surface area contributed by atoms with Gasteiger partial charge in [0.25, 0.3) is 0 Å². The van der Waals surface area contributed by atoms with Crippen LogP contribution >= 0.6 is 11.6 Å². The number of hydrogen-bond acceptors (Lipinski definition) is 16. The molecule has 0 aliphatic heterocycles. The minimum Gasteiger partial charge on any atom is -0.440 e. The summed E-state index contributed by atoms with van der Waals surface area (Å²) in [6, 6.07) is -0.242. The summed E-state index contributed by atoms with van der Waals surface area (Å²) >= 11 is 6.08. The standard InChI is InChI=1S/C27H30ClN9O9/c28-19-12-46-35-23(19)22-18(27(42,43)44)8-31-24(34-22)33-15-1-3-17(4-2-15)37(25(38)45-13-26(39,40)41)21-10-29-20(9-30-21)14-7-32-36(11-14)16-5-6-16/h7-12,15-17,39-44H,1-6,13H2,(H,31,33,34)/t15-,17-. The molecule has 4 aromatic heterocycles. The fourth-order valence-corrected chi connectivity index (χ4v) is 5.34. The second-order valence-electron chi connectivity index (χ2n) is 11.2. The first-order valence-corrected chi connectivity index (χ1v) is 14.6. The van der Waals surface area contributed by atoms with Crippen molar-refractivity contribution in [3.05, 3.63) is 47.8 Å². The molecule has 18 nitrogen and oxygen atoms in total. The van der Waals surface area contributed by atoms with E-state index in [1.807, 2.05) is 10.9 Å². The van der Waals surface area contributed by atoms with E-state index in [9.17, 15) is 35.4 Å². The van der Waals surface area contributed by atoms with Crippen LogP contribution in [0.3, 0.4) is 0 Å². The van der Waals surface area contributed by atoms with Crippen molar-refractivity contribution in [1.29, 1.82) is 0 Å². The van der Waals surface area contributed by atoms with Gasteiger partial charge in [0.2, 0.25) is 5.95 Å². The summed E-state index contributed by atoms with van der Waals surface area (Å²) in [6.45, 7) is -1.09. The van der Waals surface area contributed by atoms with Gasteiger partial charge in [0.05, 0.1) is 35.9 Å². The van der Waals surface area contributed by atoms with Gasteiger partial charge in [0.1, 0.15) is 17.0 Å². The highest BCUT2D eigenvalue weighted by molar-refractivity contribution is 6.32. The van der Waals surface area contributed by atoms with Crippen LogP contribution in [0.5, 0.6) is 0 Å². The Hall–Kier alpha value is -4.30. The van der Waals surface area contributed by atoms with Gasteiger partial charge in [-0.05, 0) is 38.5 Å². The van der Waals surface area contributed by atoms with Gasteiger partial charge in [-0.2, -0.15) is 5.10 Å². The predicted octanol–water partition coefficient (Wildman–Crippen LogP) is 0.858. The van der Waals surface area contributed by atoms with Gasteiger partial charge < -0.3 is 45.2 Å². The molecule has 0 atom stereocenters. The molecule has 19 heteroatoms. The average Bonchev–Trinajstić information content (AvgIpc) is 3.58. The Morgan fingerprint density at radius 2 is 1.76 bits per heavy atom. The number of ether oxygens (including phenoxy) is 1. The van der Waals surface area contributed by atoms with E-state index < -0.39 is 36.3 Å². The molecule has 0 saturated heterocycles. The highest BCUT2D eigenvalue weighted by Gasteiger charge is 2.35. The Balaban J connectivity index is 1.17. The number of anilines is 2. The molecule has 46 heavy (non-hydrogen) atoms. The number of hydrogen-bond donors (Lipinski definition) is 7. The fourth-order valence-electron chi connectivity index (χ4n) is 5.18. The van der Waals surface area contributed by atoms with E-state index in [1.165, 1.54) is 17.3 Å². The molecule has 0 bridgehead atoms. The highest BCUT2D eigenvalue weighted by atomic mass is 35.5. The number of aromatic nitrogens is 7. The van der Waals surface area contributed by atoms with Crippen molar-refractivity contribution in [2.75, 3.05) is 16.8 Å². The van der Waals surface area contributed by atoms with E-state index in [1.54, 1.807) is 6.20 Å². The van der Waals surface area contributed by atoms with Gasteiger partial charge in [-0.1, -0.05) is 16.8 Å². The summed E-state index contributed by atoms with van der Waals surface area (Å²) < 4.78 is 11.7. The molecular formula is C27H30ClN9O9. The third-order valence-electron chi connectivity index (χ3n) is 7.59. The Labute approximate surface area is 264 Å². The second-order valence-corrected chi connectivity index (χ2v) is 11.6. The van der Waals surface area contributed by atoms with E-state index in [0.717, 1.165) is 30.9 Å². The number of carbonyl (C=O) groups is 1. The average molecular weight is 660 g/mol. The zero-order chi connectivity index (χ0) is 32.6. The molecule has 0 unspecified atom stereocenters. The number of carbonyl (C=O) groups excluding carboxylic acids is 1. The minimum atomic E-state index is -3.27. The number of nitrogens with one attached hydrogen (secondary N) is 1. The summed E-state index contributed by atoms with van der Waals surface area (Å²) in [4.78, 5) is 31.7. The second kappa shape index (κ2) is 12.5. The zero-order valence-corrected chi connectivity index (χ0v) is 24.8. The predicted molar refractivity (Wildman–Crippen MR) is 155 cm³/mol. The zero-order valence-electron chi connectivity index (χ0n) is 24.0. The van der Waals surface area contributed by atoms with Gasteiger partial charge in [-0.3, -0.25) is 14.6 Å². The van der Waals surface area contributed by atoms with Crippen molar-refractivity contribution in [2.45, 2.75) is 68.6 Å². The summed E-state index contributed by atoms with van der Waals surface area (Å²) in [7, 11) is 0. The lowest BCUT2D eigenvalue weighted by atomic mass is 9.90. The van der Waals surface area contributed by atoms with Crippen LogP contribution in [-0.2, 0) is 10.7 Å². The molecule has 2 fully saturated rings. The minimum absolute atomic E-state index is 0.0212. The van der Waals surface area contributed by atoms with Crippen molar-refractivity contribution in [3.8, 4) is 22.6 Å². The smallest absolute Gasteiger partial charge is 0.416 e. The van der Waals surface area contributed by atoms with Crippen LogP contribution in [0.2, 0.25) is 5.02 Å². The normalized spacial score (nSPS) is 18.8. The van der Waals surface area contributed by atoms with Crippen molar-refractivity contribution < 1.29 is 44.7 Å². The Bertz CT molecular complexity index is 1670. The van der Waals surface area contributed by atoms with Crippen LogP contribution in [0.1, 0.15) is 50.1 Å². The van der Waals surface area contributed by atoms with Gasteiger partial charge in [-0.25, -0.2) is 19.7 Å². The molecular weight excluding hydrogens is 630 g/mol. The lowest BCUT2D eigenvalue weighted by Crippen LogP contribution is -2.46. The Morgan fingerprint density at radius 1 is 1.00 bits per heavy atom. The van der Waals surface area contributed by atoms with Crippen molar-refractivity contribution >= 4 is 29.5 Å². The Kier molecular flexibility index (Phi) is 8.59. The maximum absolute atomic E-state index is 13.2. The first-order valence-electron chi connectivity index (χ1n) is 14.3. The number of halogens is 1.